The van der Waals surface area contributed by atoms with E-state index in [1.807, 2.05) is 0 Å². The Bertz CT molecular complexity index is 400. The molecule has 0 radical (unpaired) electrons. The van der Waals surface area contributed by atoms with Crippen molar-refractivity contribution in [3.63, 3.8) is 0 Å². The van der Waals surface area contributed by atoms with Crippen LogP contribution in [0.1, 0.15) is 12.8 Å². The summed E-state index contributed by atoms with van der Waals surface area (Å²) in [7, 11) is 1.61. The first-order valence-corrected chi connectivity index (χ1v) is 6.53. The topological polar surface area (TPSA) is 59.6 Å². The summed E-state index contributed by atoms with van der Waals surface area (Å²) >= 11 is 0. The highest BCUT2D eigenvalue weighted by Gasteiger charge is 2.14. The molecule has 2 N–H and O–H groups in total. The van der Waals surface area contributed by atoms with Gasteiger partial charge in [0, 0.05) is 11.7 Å². The van der Waals surface area contributed by atoms with Crippen molar-refractivity contribution in [2.75, 3.05) is 32.2 Å². The first-order chi connectivity index (χ1) is 9.28. The second kappa shape index (κ2) is 7.11. The normalized spacial score (nSPS) is 18.3. The van der Waals surface area contributed by atoms with Gasteiger partial charge >= 0.3 is 0 Å². The van der Waals surface area contributed by atoms with Gasteiger partial charge in [0.15, 0.2) is 0 Å². The number of carbonyl (C=O) groups excluding carboxylic acids is 1. The lowest BCUT2D eigenvalue weighted by molar-refractivity contribution is -0.120. The Morgan fingerprint density at radius 3 is 2.84 bits per heavy atom. The number of rotatable bonds is 6. The van der Waals surface area contributed by atoms with Crippen molar-refractivity contribution < 1.29 is 14.3 Å². The number of amides is 1. The summed E-state index contributed by atoms with van der Waals surface area (Å²) in [5.74, 6) is 0.629. The van der Waals surface area contributed by atoms with Gasteiger partial charge in [0.2, 0.25) is 5.91 Å². The van der Waals surface area contributed by atoms with Crippen LogP contribution in [0.25, 0.3) is 0 Å². The van der Waals surface area contributed by atoms with E-state index < -0.39 is 0 Å². The quantitative estimate of drug-likeness (QED) is 0.815. The molecule has 2 rings (SSSR count). The third-order valence-corrected chi connectivity index (χ3v) is 3.09. The zero-order valence-corrected chi connectivity index (χ0v) is 11.1. The lowest BCUT2D eigenvalue weighted by Crippen LogP contribution is -2.29. The molecule has 19 heavy (non-hydrogen) atoms. The Balaban J connectivity index is 1.68. The molecule has 1 aliphatic heterocycles. The van der Waals surface area contributed by atoms with Crippen molar-refractivity contribution in [1.29, 1.82) is 0 Å². The summed E-state index contributed by atoms with van der Waals surface area (Å²) in [5, 5.41) is 6.10. The van der Waals surface area contributed by atoms with E-state index in [0.717, 1.165) is 24.4 Å². The van der Waals surface area contributed by atoms with Crippen LogP contribution in [0, 0.1) is 0 Å². The van der Waals surface area contributed by atoms with Crippen LogP contribution >= 0.6 is 0 Å². The summed E-state index contributed by atoms with van der Waals surface area (Å²) < 4.78 is 10.4. The number of methoxy groups -OCH3 is 1. The molecule has 1 aromatic carbocycles. The molecule has 1 aliphatic rings. The molecule has 5 nitrogen and oxygen atoms in total. The molecule has 0 bridgehead atoms. The molecule has 1 heterocycles. The molecule has 1 aromatic rings. The first kappa shape index (κ1) is 13.8. The predicted octanol–water partition coefficient (Wildman–Crippen LogP) is 1.40. The highest BCUT2D eigenvalue weighted by Crippen LogP contribution is 2.14. The van der Waals surface area contributed by atoms with E-state index in [1.165, 1.54) is 6.42 Å². The van der Waals surface area contributed by atoms with Gasteiger partial charge in [-0.3, -0.25) is 4.79 Å². The van der Waals surface area contributed by atoms with Gasteiger partial charge in [0.05, 0.1) is 13.7 Å². The minimum absolute atomic E-state index is 0.0875. The third-order valence-electron chi connectivity index (χ3n) is 3.09. The van der Waals surface area contributed by atoms with Gasteiger partial charge in [-0.1, -0.05) is 0 Å². The Morgan fingerprint density at radius 2 is 2.21 bits per heavy atom. The largest absolute Gasteiger partial charge is 0.497 e. The number of anilines is 1. The summed E-state index contributed by atoms with van der Waals surface area (Å²) in [6, 6.07) is 7.61. The van der Waals surface area contributed by atoms with Gasteiger partial charge < -0.3 is 20.1 Å². The molecule has 0 aliphatic carbocycles. The minimum atomic E-state index is -0.136. The van der Waals surface area contributed by atoms with Crippen LogP contribution in [0.2, 0.25) is 0 Å². The molecule has 1 fully saturated rings. The maximum absolute atomic E-state index is 11.7. The maximum atomic E-state index is 11.7. The van der Waals surface area contributed by atoms with Gasteiger partial charge in [-0.2, -0.15) is 0 Å². The average Bonchev–Trinajstić information content (AvgIpc) is 2.93. The Kier molecular flexibility index (Phi) is 5.18. The molecular weight excluding hydrogens is 244 g/mol. The first-order valence-electron chi connectivity index (χ1n) is 6.53. The smallest absolute Gasteiger partial charge is 0.250 e. The van der Waals surface area contributed by atoms with Gasteiger partial charge in [-0.25, -0.2) is 0 Å². The predicted molar refractivity (Wildman–Crippen MR) is 73.5 cm³/mol. The SMILES string of the molecule is COc1ccc(NC(=O)COC[C@@H]2CCCN2)cc1. The van der Waals surface area contributed by atoms with Crippen molar-refractivity contribution in [2.45, 2.75) is 18.9 Å². The number of hydrogen-bond acceptors (Lipinski definition) is 4. The van der Waals surface area contributed by atoms with E-state index in [1.54, 1.807) is 31.4 Å². The highest BCUT2D eigenvalue weighted by molar-refractivity contribution is 5.91. The fraction of sp³-hybridized carbons (Fsp3) is 0.500. The molecule has 5 heteroatoms. The number of nitrogens with one attached hydrogen (secondary N) is 2. The van der Waals surface area contributed by atoms with Crippen molar-refractivity contribution >= 4 is 11.6 Å². The number of hydrogen-bond donors (Lipinski definition) is 2. The fourth-order valence-electron chi connectivity index (χ4n) is 2.06. The van der Waals surface area contributed by atoms with Crippen LogP contribution in [-0.2, 0) is 9.53 Å². The lowest BCUT2D eigenvalue weighted by Gasteiger charge is -2.11. The Morgan fingerprint density at radius 1 is 1.42 bits per heavy atom. The van der Waals surface area contributed by atoms with E-state index in [4.69, 9.17) is 9.47 Å². The fourth-order valence-corrected chi connectivity index (χ4v) is 2.06. The van der Waals surface area contributed by atoms with E-state index >= 15 is 0 Å². The zero-order chi connectivity index (χ0) is 13.5. The Hall–Kier alpha value is -1.59. The van der Waals surface area contributed by atoms with Crippen LogP contribution in [0.15, 0.2) is 24.3 Å². The number of benzene rings is 1. The van der Waals surface area contributed by atoms with Gasteiger partial charge in [0.25, 0.3) is 0 Å². The van der Waals surface area contributed by atoms with E-state index in [0.29, 0.717) is 12.6 Å². The van der Waals surface area contributed by atoms with Crippen molar-refractivity contribution in [2.24, 2.45) is 0 Å². The standard InChI is InChI=1S/C14H20N2O3/c1-18-13-6-4-11(5-7-13)16-14(17)10-19-9-12-3-2-8-15-12/h4-7,12,15H,2-3,8-10H2,1H3,(H,16,17)/t12-/m0/s1. The molecule has 1 saturated heterocycles. The van der Waals surface area contributed by atoms with E-state index in [9.17, 15) is 4.79 Å². The van der Waals surface area contributed by atoms with Crippen LogP contribution in [0.5, 0.6) is 5.75 Å². The van der Waals surface area contributed by atoms with Crippen LogP contribution in [0.4, 0.5) is 5.69 Å². The van der Waals surface area contributed by atoms with Gasteiger partial charge in [-0.15, -0.1) is 0 Å². The highest BCUT2D eigenvalue weighted by atomic mass is 16.5. The summed E-state index contributed by atoms with van der Waals surface area (Å²) in [4.78, 5) is 11.7. The van der Waals surface area contributed by atoms with Crippen LogP contribution in [-0.4, -0.2) is 38.8 Å². The van der Waals surface area contributed by atoms with E-state index in [2.05, 4.69) is 10.6 Å². The monoisotopic (exact) mass is 264 g/mol. The number of carbonyl (C=O) groups is 1. The Labute approximate surface area is 113 Å². The molecule has 0 spiro atoms. The molecule has 1 amide bonds. The van der Waals surface area contributed by atoms with E-state index in [-0.39, 0.29) is 12.5 Å². The molecule has 1 atom stereocenters. The molecule has 104 valence electrons. The minimum Gasteiger partial charge on any atom is -0.497 e. The number of ether oxygens (including phenoxy) is 2. The molecule has 0 unspecified atom stereocenters. The zero-order valence-electron chi connectivity index (χ0n) is 11.1. The summed E-state index contributed by atoms with van der Waals surface area (Å²) in [5.41, 5.74) is 0.744. The third kappa shape index (κ3) is 4.54. The summed E-state index contributed by atoms with van der Waals surface area (Å²) in [6.45, 7) is 1.73. The molecule has 0 saturated carbocycles. The maximum Gasteiger partial charge on any atom is 0.250 e. The lowest BCUT2D eigenvalue weighted by atomic mass is 10.2. The second-order valence-corrected chi connectivity index (χ2v) is 4.59. The van der Waals surface area contributed by atoms with Crippen LogP contribution < -0.4 is 15.4 Å². The molecular formula is C14H20N2O3. The van der Waals surface area contributed by atoms with Crippen molar-refractivity contribution in [3.05, 3.63) is 24.3 Å². The average molecular weight is 264 g/mol. The van der Waals surface area contributed by atoms with Gasteiger partial charge in [0.1, 0.15) is 12.4 Å². The van der Waals surface area contributed by atoms with Gasteiger partial charge in [-0.05, 0) is 43.7 Å². The van der Waals surface area contributed by atoms with Crippen molar-refractivity contribution in [3.8, 4) is 5.75 Å². The van der Waals surface area contributed by atoms with Crippen LogP contribution in [0.3, 0.4) is 0 Å². The second-order valence-electron chi connectivity index (χ2n) is 4.59. The summed E-state index contributed by atoms with van der Waals surface area (Å²) in [6.07, 6.45) is 2.31. The van der Waals surface area contributed by atoms with Crippen molar-refractivity contribution in [1.82, 2.24) is 5.32 Å². The molecule has 0 aromatic heterocycles.